The average molecular weight is 318 g/mol. The van der Waals surface area contributed by atoms with Crippen molar-refractivity contribution in [1.29, 1.82) is 0 Å². The van der Waals surface area contributed by atoms with Crippen molar-refractivity contribution in [2.45, 2.75) is 24.8 Å². The second-order valence-electron chi connectivity index (χ2n) is 4.37. The van der Waals surface area contributed by atoms with Gasteiger partial charge in [-0.3, -0.25) is 10.1 Å². The number of sulfonamides is 1. The summed E-state index contributed by atoms with van der Waals surface area (Å²) in [6, 6.07) is 2.25. The van der Waals surface area contributed by atoms with E-state index >= 15 is 0 Å². The van der Waals surface area contributed by atoms with Gasteiger partial charge in [-0.05, 0) is 31.0 Å². The molecule has 0 saturated heterocycles. The minimum atomic E-state index is -4.32. The number of hydrogen-bond acceptors (Lipinski definition) is 6. The number of benzene rings is 1. The average Bonchev–Trinajstić information content (AvgIpc) is 2.38. The van der Waals surface area contributed by atoms with Gasteiger partial charge in [-0.2, -0.15) is 0 Å². The highest BCUT2D eigenvalue weighted by Crippen LogP contribution is 2.27. The summed E-state index contributed by atoms with van der Waals surface area (Å²) < 4.78 is 25.9. The number of carboxylic acids is 1. The van der Waals surface area contributed by atoms with Crippen molar-refractivity contribution in [2.24, 2.45) is 0 Å². The van der Waals surface area contributed by atoms with E-state index in [2.05, 4.69) is 0 Å². The summed E-state index contributed by atoms with van der Waals surface area (Å²) in [6.45, 7) is 2.40. The van der Waals surface area contributed by atoms with Gasteiger partial charge in [0.2, 0.25) is 10.0 Å². The molecule has 0 aromatic heterocycles. The highest BCUT2D eigenvalue weighted by atomic mass is 32.2. The van der Waals surface area contributed by atoms with Crippen LogP contribution in [0.25, 0.3) is 0 Å². The van der Waals surface area contributed by atoms with Crippen LogP contribution in [-0.2, 0) is 14.8 Å². The minimum Gasteiger partial charge on any atom is -0.479 e. The Kier molecular flexibility index (Phi) is 4.99. The van der Waals surface area contributed by atoms with Gasteiger partial charge in [0.05, 0.1) is 4.92 Å². The summed E-state index contributed by atoms with van der Waals surface area (Å²) >= 11 is 0. The zero-order valence-electron chi connectivity index (χ0n) is 11.2. The van der Waals surface area contributed by atoms with Crippen LogP contribution in [0.15, 0.2) is 17.0 Å². The molecule has 10 heteroatoms. The molecule has 1 aromatic rings. The first-order valence-corrected chi connectivity index (χ1v) is 7.20. The smallest absolute Gasteiger partial charge is 0.333 e. The monoisotopic (exact) mass is 318 g/mol. The fourth-order valence-corrected chi connectivity index (χ4v) is 2.76. The van der Waals surface area contributed by atoms with Crippen molar-refractivity contribution < 1.29 is 28.3 Å². The van der Waals surface area contributed by atoms with Crippen LogP contribution in [0.2, 0.25) is 0 Å². The van der Waals surface area contributed by atoms with Crippen LogP contribution in [0.4, 0.5) is 5.69 Å². The molecule has 1 rings (SSSR count). The van der Waals surface area contributed by atoms with Crippen LogP contribution in [0.1, 0.15) is 11.1 Å². The number of aryl methyl sites for hydroxylation is 2. The number of aliphatic hydroxyl groups is 1. The van der Waals surface area contributed by atoms with Crippen LogP contribution in [-0.4, -0.2) is 42.2 Å². The third-order valence-electron chi connectivity index (χ3n) is 2.81. The van der Waals surface area contributed by atoms with E-state index in [1.807, 2.05) is 4.72 Å². The maximum absolute atomic E-state index is 12.0. The molecule has 0 bridgehead atoms. The summed E-state index contributed by atoms with van der Waals surface area (Å²) in [5, 5.41) is 28.5. The Balaban J connectivity index is 3.22. The second kappa shape index (κ2) is 6.16. The largest absolute Gasteiger partial charge is 0.479 e. The predicted octanol–water partition coefficient (Wildman–Crippen LogP) is -0.0646. The lowest BCUT2D eigenvalue weighted by atomic mass is 10.1. The maximum Gasteiger partial charge on any atom is 0.333 e. The molecule has 0 fully saturated rings. The molecular formula is C11H14N2O7S. The molecule has 116 valence electrons. The molecule has 1 atom stereocenters. The predicted molar refractivity (Wildman–Crippen MR) is 71.4 cm³/mol. The third-order valence-corrected chi connectivity index (χ3v) is 4.27. The van der Waals surface area contributed by atoms with E-state index in [0.717, 1.165) is 12.1 Å². The van der Waals surface area contributed by atoms with Crippen molar-refractivity contribution >= 4 is 21.7 Å². The Morgan fingerprint density at radius 3 is 2.38 bits per heavy atom. The quantitative estimate of drug-likeness (QED) is 0.491. The van der Waals surface area contributed by atoms with Gasteiger partial charge in [0.25, 0.3) is 5.69 Å². The van der Waals surface area contributed by atoms with E-state index < -0.39 is 44.1 Å². The highest BCUT2D eigenvalue weighted by Gasteiger charge is 2.28. The zero-order chi connectivity index (χ0) is 16.4. The first-order valence-electron chi connectivity index (χ1n) is 5.72. The molecule has 0 aliphatic heterocycles. The summed E-state index contributed by atoms with van der Waals surface area (Å²) in [5.41, 5.74) is 0.460. The van der Waals surface area contributed by atoms with Gasteiger partial charge >= 0.3 is 5.97 Å². The van der Waals surface area contributed by atoms with E-state index in [-0.39, 0.29) is 0 Å². The van der Waals surface area contributed by atoms with Crippen LogP contribution in [0.3, 0.4) is 0 Å². The van der Waals surface area contributed by atoms with Crippen molar-refractivity contribution in [1.82, 2.24) is 4.72 Å². The first kappa shape index (κ1) is 17.0. The fraction of sp³-hybridized carbons (Fsp3) is 0.364. The van der Waals surface area contributed by atoms with Gasteiger partial charge in [-0.25, -0.2) is 17.9 Å². The Bertz CT molecular complexity index is 684. The number of nitrogens with one attached hydrogen (secondary N) is 1. The SMILES string of the molecule is Cc1cc([N+](=O)[O-])c(S(=O)(=O)NCC(O)C(=O)O)cc1C. The lowest BCUT2D eigenvalue weighted by molar-refractivity contribution is -0.387. The van der Waals surface area contributed by atoms with E-state index in [0.29, 0.717) is 11.1 Å². The number of carboxylic acid groups (broad SMARTS) is 1. The molecule has 21 heavy (non-hydrogen) atoms. The Morgan fingerprint density at radius 2 is 1.90 bits per heavy atom. The van der Waals surface area contributed by atoms with Crippen molar-refractivity contribution in [3.8, 4) is 0 Å². The molecule has 3 N–H and O–H groups in total. The Labute approximate surface area is 120 Å². The number of nitrogens with zero attached hydrogens (tertiary/aromatic N) is 1. The third kappa shape index (κ3) is 3.97. The number of hydrogen-bond donors (Lipinski definition) is 3. The zero-order valence-corrected chi connectivity index (χ0v) is 12.0. The molecule has 1 aromatic carbocycles. The van der Waals surface area contributed by atoms with Gasteiger partial charge in [0.15, 0.2) is 11.0 Å². The molecule has 9 nitrogen and oxygen atoms in total. The summed E-state index contributed by atoms with van der Waals surface area (Å²) in [4.78, 5) is 20.0. The number of aliphatic hydroxyl groups excluding tert-OH is 1. The van der Waals surface area contributed by atoms with Crippen molar-refractivity contribution in [3.63, 3.8) is 0 Å². The summed E-state index contributed by atoms with van der Waals surface area (Å²) in [5.74, 6) is -1.60. The number of carbonyl (C=O) groups is 1. The lowest BCUT2D eigenvalue weighted by Crippen LogP contribution is -2.36. The summed E-state index contributed by atoms with van der Waals surface area (Å²) in [6.07, 6.45) is -1.94. The van der Waals surface area contributed by atoms with Gasteiger partial charge in [-0.1, -0.05) is 0 Å². The van der Waals surface area contributed by atoms with Gasteiger partial charge in [0.1, 0.15) is 0 Å². The van der Waals surface area contributed by atoms with Crippen molar-refractivity contribution in [2.75, 3.05) is 6.54 Å². The normalized spacial score (nSPS) is 12.9. The molecular weight excluding hydrogens is 304 g/mol. The van der Waals surface area contributed by atoms with Gasteiger partial charge in [0, 0.05) is 12.6 Å². The van der Waals surface area contributed by atoms with Crippen LogP contribution < -0.4 is 4.72 Å². The van der Waals surface area contributed by atoms with E-state index in [1.165, 1.54) is 0 Å². The number of nitro benzene ring substituents is 1. The van der Waals surface area contributed by atoms with E-state index in [9.17, 15) is 23.3 Å². The molecule has 0 amide bonds. The van der Waals surface area contributed by atoms with Crippen LogP contribution in [0, 0.1) is 24.0 Å². The standard InChI is InChI=1S/C11H14N2O7S/c1-6-3-8(13(17)18)10(4-7(6)2)21(19,20)12-5-9(14)11(15)16/h3-4,9,12,14H,5H2,1-2H3,(H,15,16). The van der Waals surface area contributed by atoms with Gasteiger partial charge < -0.3 is 10.2 Å². The van der Waals surface area contributed by atoms with Crippen molar-refractivity contribution in [3.05, 3.63) is 33.4 Å². The number of nitro groups is 1. The molecule has 0 saturated carbocycles. The molecule has 1 unspecified atom stereocenters. The van der Waals surface area contributed by atoms with E-state index in [1.54, 1.807) is 13.8 Å². The minimum absolute atomic E-state index is 0.528. The topological polar surface area (TPSA) is 147 Å². The Hall–Kier alpha value is -2.04. The highest BCUT2D eigenvalue weighted by molar-refractivity contribution is 7.89. The molecule has 0 aliphatic rings. The van der Waals surface area contributed by atoms with Crippen LogP contribution >= 0.6 is 0 Å². The van der Waals surface area contributed by atoms with Crippen LogP contribution in [0.5, 0.6) is 0 Å². The maximum atomic E-state index is 12.0. The summed E-state index contributed by atoms with van der Waals surface area (Å²) in [7, 11) is -4.32. The lowest BCUT2D eigenvalue weighted by Gasteiger charge is -2.10. The molecule has 0 spiro atoms. The van der Waals surface area contributed by atoms with Gasteiger partial charge in [-0.15, -0.1) is 0 Å². The second-order valence-corrected chi connectivity index (χ2v) is 6.10. The first-order chi connectivity index (χ1) is 9.56. The molecule has 0 heterocycles. The van der Waals surface area contributed by atoms with E-state index in [4.69, 9.17) is 10.2 Å². The molecule has 0 aliphatic carbocycles. The fourth-order valence-electron chi connectivity index (χ4n) is 1.49. The molecule has 0 radical (unpaired) electrons. The Morgan fingerprint density at radius 1 is 1.38 bits per heavy atom. The number of rotatable bonds is 6. The number of aliphatic carboxylic acids is 1.